The van der Waals surface area contributed by atoms with E-state index in [1.807, 2.05) is 36.4 Å². The Hall–Kier alpha value is -2.24. The molecule has 0 saturated heterocycles. The number of benzene rings is 2. The van der Waals surface area contributed by atoms with E-state index >= 15 is 0 Å². The van der Waals surface area contributed by atoms with Crippen molar-refractivity contribution in [1.82, 2.24) is 14.8 Å². The minimum Gasteiger partial charge on any atom is -0.368 e. The number of aromatic nitrogens is 3. The summed E-state index contributed by atoms with van der Waals surface area (Å²) in [4.78, 5) is 3.86. The van der Waals surface area contributed by atoms with Crippen LogP contribution in [0.1, 0.15) is 0 Å². The molecule has 3 rings (SSSR count). The van der Waals surface area contributed by atoms with E-state index in [4.69, 9.17) is 34.7 Å². The normalized spacial score (nSPS) is 10.8. The van der Waals surface area contributed by atoms with Crippen LogP contribution >= 0.6 is 23.2 Å². The second kappa shape index (κ2) is 5.27. The fourth-order valence-electron chi connectivity index (χ4n) is 2.06. The summed E-state index contributed by atoms with van der Waals surface area (Å²) in [6.07, 6.45) is 0. The third-order valence-electron chi connectivity index (χ3n) is 3.01. The predicted molar refractivity (Wildman–Crippen MR) is 85.6 cm³/mol. The molecule has 0 spiro atoms. The Balaban J connectivity index is 2.09. The van der Waals surface area contributed by atoms with E-state index in [0.29, 0.717) is 15.7 Å². The number of hydrogen-bond donors (Lipinski definition) is 2. The number of nitrogens with zero attached hydrogens (tertiary/aromatic N) is 3. The molecule has 0 unspecified atom stereocenters. The maximum absolute atomic E-state index is 6.35. The van der Waals surface area contributed by atoms with Gasteiger partial charge in [-0.2, -0.15) is 9.67 Å². The number of rotatable bonds is 2. The van der Waals surface area contributed by atoms with E-state index in [2.05, 4.69) is 10.1 Å². The van der Waals surface area contributed by atoms with Crippen LogP contribution < -0.4 is 11.5 Å². The molecule has 2 aromatic carbocycles. The zero-order chi connectivity index (χ0) is 15.0. The zero-order valence-electron chi connectivity index (χ0n) is 10.8. The van der Waals surface area contributed by atoms with E-state index in [1.54, 1.807) is 6.07 Å². The largest absolute Gasteiger partial charge is 0.368 e. The average Bonchev–Trinajstić information content (AvgIpc) is 2.79. The predicted octanol–water partition coefficient (Wildman–Crippen LogP) is 3.41. The molecule has 106 valence electrons. The van der Waals surface area contributed by atoms with Crippen molar-refractivity contribution in [1.29, 1.82) is 0 Å². The van der Waals surface area contributed by atoms with Crippen LogP contribution in [0, 0.1) is 0 Å². The van der Waals surface area contributed by atoms with Crippen molar-refractivity contribution in [3.8, 4) is 16.8 Å². The number of anilines is 2. The van der Waals surface area contributed by atoms with Crippen LogP contribution in [0.5, 0.6) is 0 Å². The molecule has 0 amide bonds. The highest BCUT2D eigenvalue weighted by Crippen LogP contribution is 2.34. The molecule has 4 N–H and O–H groups in total. The first-order chi connectivity index (χ1) is 10.1. The highest BCUT2D eigenvalue weighted by atomic mass is 35.5. The smallest absolute Gasteiger partial charge is 0.241 e. The number of halogens is 2. The number of nitrogens with two attached hydrogens (primary N) is 2. The topological polar surface area (TPSA) is 82.7 Å². The molecule has 0 atom stereocenters. The summed E-state index contributed by atoms with van der Waals surface area (Å²) >= 11 is 12.5. The van der Waals surface area contributed by atoms with Crippen molar-refractivity contribution in [2.45, 2.75) is 0 Å². The van der Waals surface area contributed by atoms with E-state index in [1.165, 1.54) is 4.68 Å². The van der Waals surface area contributed by atoms with E-state index < -0.39 is 0 Å². The van der Waals surface area contributed by atoms with Gasteiger partial charge in [0.1, 0.15) is 0 Å². The van der Waals surface area contributed by atoms with Crippen LogP contribution in [-0.4, -0.2) is 14.8 Å². The molecule has 1 aromatic heterocycles. The Kier molecular flexibility index (Phi) is 3.45. The van der Waals surface area contributed by atoms with Gasteiger partial charge < -0.3 is 11.5 Å². The monoisotopic (exact) mass is 319 g/mol. The van der Waals surface area contributed by atoms with Crippen molar-refractivity contribution >= 4 is 35.1 Å². The van der Waals surface area contributed by atoms with Gasteiger partial charge in [-0.3, -0.25) is 0 Å². The molecule has 7 heteroatoms. The van der Waals surface area contributed by atoms with Gasteiger partial charge >= 0.3 is 0 Å². The summed E-state index contributed by atoms with van der Waals surface area (Å²) in [5.74, 6) is 0.313. The van der Waals surface area contributed by atoms with E-state index in [0.717, 1.165) is 11.1 Å². The van der Waals surface area contributed by atoms with Crippen LogP contribution in [0.15, 0.2) is 42.5 Å². The van der Waals surface area contributed by atoms with Gasteiger partial charge in [0.2, 0.25) is 11.9 Å². The third kappa shape index (κ3) is 2.53. The fourth-order valence-corrected chi connectivity index (χ4v) is 2.58. The van der Waals surface area contributed by atoms with Gasteiger partial charge in [0.25, 0.3) is 0 Å². The quantitative estimate of drug-likeness (QED) is 0.758. The highest BCUT2D eigenvalue weighted by molar-refractivity contribution is 6.36. The maximum atomic E-state index is 6.35. The lowest BCUT2D eigenvalue weighted by Gasteiger charge is -2.09. The minimum atomic E-state index is 0.110. The summed E-state index contributed by atoms with van der Waals surface area (Å²) in [5.41, 5.74) is 13.6. The first kappa shape index (κ1) is 13.7. The summed E-state index contributed by atoms with van der Waals surface area (Å²) in [7, 11) is 0. The lowest BCUT2D eigenvalue weighted by atomic mass is 10.1. The SMILES string of the molecule is Nc1nc(N)n(-c2ccc(-c3ccccc3Cl)c(Cl)c2)n1. The molecule has 1 heterocycles. The van der Waals surface area contributed by atoms with Crippen molar-refractivity contribution in [2.75, 3.05) is 11.5 Å². The maximum Gasteiger partial charge on any atom is 0.241 e. The summed E-state index contributed by atoms with van der Waals surface area (Å²) in [5, 5.41) is 5.19. The van der Waals surface area contributed by atoms with Crippen LogP contribution in [0.4, 0.5) is 11.9 Å². The first-order valence-electron chi connectivity index (χ1n) is 6.09. The third-order valence-corrected chi connectivity index (χ3v) is 3.65. The highest BCUT2D eigenvalue weighted by Gasteiger charge is 2.11. The zero-order valence-corrected chi connectivity index (χ0v) is 12.3. The summed E-state index contributed by atoms with van der Waals surface area (Å²) < 4.78 is 1.43. The number of hydrogen-bond acceptors (Lipinski definition) is 4. The van der Waals surface area contributed by atoms with E-state index in [-0.39, 0.29) is 11.9 Å². The van der Waals surface area contributed by atoms with Crippen molar-refractivity contribution in [3.05, 3.63) is 52.5 Å². The van der Waals surface area contributed by atoms with Gasteiger partial charge in [-0.25, -0.2) is 0 Å². The molecule has 0 aliphatic carbocycles. The van der Waals surface area contributed by atoms with Gasteiger partial charge in [0.15, 0.2) is 0 Å². The first-order valence-corrected chi connectivity index (χ1v) is 6.84. The average molecular weight is 320 g/mol. The van der Waals surface area contributed by atoms with Crippen LogP contribution in [-0.2, 0) is 0 Å². The Morgan fingerprint density at radius 1 is 0.905 bits per heavy atom. The summed E-state index contributed by atoms with van der Waals surface area (Å²) in [6, 6.07) is 12.9. The summed E-state index contributed by atoms with van der Waals surface area (Å²) in [6.45, 7) is 0. The Bertz CT molecular complexity index is 813. The standard InChI is InChI=1S/C14H11Cl2N5/c15-11-4-2-1-3-9(11)10-6-5-8(7-12(10)16)21-14(18)19-13(17)20-21/h1-7H,(H4,17,18,19,20). The Morgan fingerprint density at radius 3 is 2.24 bits per heavy atom. The van der Waals surface area contributed by atoms with Crippen molar-refractivity contribution in [3.63, 3.8) is 0 Å². The Labute approximate surface area is 131 Å². The lowest BCUT2D eigenvalue weighted by Crippen LogP contribution is -2.02. The molecule has 3 aromatic rings. The molecule has 0 saturated carbocycles. The molecule has 21 heavy (non-hydrogen) atoms. The van der Waals surface area contributed by atoms with Crippen molar-refractivity contribution < 1.29 is 0 Å². The van der Waals surface area contributed by atoms with Crippen LogP contribution in [0.25, 0.3) is 16.8 Å². The van der Waals surface area contributed by atoms with Gasteiger partial charge in [0, 0.05) is 16.1 Å². The molecular formula is C14H11Cl2N5. The van der Waals surface area contributed by atoms with Gasteiger partial charge in [0.05, 0.1) is 10.7 Å². The molecule has 5 nitrogen and oxygen atoms in total. The minimum absolute atomic E-state index is 0.110. The molecule has 0 radical (unpaired) electrons. The molecule has 0 bridgehead atoms. The molecule has 0 aliphatic rings. The van der Waals surface area contributed by atoms with Gasteiger partial charge in [-0.1, -0.05) is 47.5 Å². The fraction of sp³-hybridized carbons (Fsp3) is 0. The molecular weight excluding hydrogens is 309 g/mol. The second-order valence-electron chi connectivity index (χ2n) is 4.38. The molecule has 0 aliphatic heterocycles. The molecule has 0 fully saturated rings. The number of nitrogen functional groups attached to an aromatic ring is 2. The lowest BCUT2D eigenvalue weighted by molar-refractivity contribution is 0.896. The van der Waals surface area contributed by atoms with Crippen molar-refractivity contribution in [2.24, 2.45) is 0 Å². The van der Waals surface area contributed by atoms with E-state index in [9.17, 15) is 0 Å². The Morgan fingerprint density at radius 2 is 1.62 bits per heavy atom. The second-order valence-corrected chi connectivity index (χ2v) is 5.20. The van der Waals surface area contributed by atoms with Gasteiger partial charge in [-0.05, 0) is 18.2 Å². The van der Waals surface area contributed by atoms with Crippen LogP contribution in [0.3, 0.4) is 0 Å². The van der Waals surface area contributed by atoms with Crippen LogP contribution in [0.2, 0.25) is 10.0 Å². The van der Waals surface area contributed by atoms with Gasteiger partial charge in [-0.15, -0.1) is 5.10 Å².